The normalized spacial score (nSPS) is 17.9. The Labute approximate surface area is 187 Å². The molecule has 168 valence electrons. The van der Waals surface area contributed by atoms with Gasteiger partial charge in [-0.2, -0.15) is 9.98 Å². The van der Waals surface area contributed by atoms with Gasteiger partial charge in [0.1, 0.15) is 17.8 Å². The van der Waals surface area contributed by atoms with E-state index in [4.69, 9.17) is 0 Å². The number of amides is 1. The van der Waals surface area contributed by atoms with E-state index in [1.165, 1.54) is 0 Å². The number of aromatic amines is 1. The summed E-state index contributed by atoms with van der Waals surface area (Å²) >= 11 is 0. The highest BCUT2D eigenvalue weighted by molar-refractivity contribution is 7.89. The van der Waals surface area contributed by atoms with Crippen LogP contribution in [0.2, 0.25) is 0 Å². The lowest BCUT2D eigenvalue weighted by Gasteiger charge is -2.34. The first-order chi connectivity index (χ1) is 15.4. The fraction of sp³-hybridized carbons (Fsp3) is 0.391. The maximum atomic E-state index is 13.4. The van der Waals surface area contributed by atoms with E-state index in [9.17, 15) is 18.5 Å². The van der Waals surface area contributed by atoms with E-state index in [0.29, 0.717) is 42.1 Å². The SMILES string of the molecule is CC1CCCN(C(=O)C(CCn2cccc2C#N)NS(=O)(=O)c2cccc3[nH]ccc23)C1. The number of carbonyl (C=O) groups excluding carboxylic acids is 1. The number of nitrogens with one attached hydrogen (secondary N) is 2. The number of nitriles is 1. The largest absolute Gasteiger partial charge is 0.361 e. The Bertz CT molecular complexity index is 1250. The number of hydrogen-bond donors (Lipinski definition) is 2. The molecule has 0 saturated carbocycles. The molecule has 1 fully saturated rings. The number of likely N-dealkylation sites (tertiary alicyclic amines) is 1. The molecule has 3 aromatic rings. The van der Waals surface area contributed by atoms with E-state index in [2.05, 4.69) is 22.7 Å². The quantitative estimate of drug-likeness (QED) is 0.573. The van der Waals surface area contributed by atoms with Crippen LogP contribution in [0.4, 0.5) is 0 Å². The molecule has 1 amide bonds. The first-order valence-corrected chi connectivity index (χ1v) is 12.3. The van der Waals surface area contributed by atoms with Gasteiger partial charge < -0.3 is 14.5 Å². The number of sulfonamides is 1. The summed E-state index contributed by atoms with van der Waals surface area (Å²) in [5.74, 6) is 0.167. The zero-order chi connectivity index (χ0) is 22.7. The summed E-state index contributed by atoms with van der Waals surface area (Å²) in [6.07, 6.45) is 5.67. The summed E-state index contributed by atoms with van der Waals surface area (Å²) in [6.45, 7) is 3.70. The molecule has 1 aliphatic heterocycles. The van der Waals surface area contributed by atoms with Gasteiger partial charge in [-0.15, -0.1) is 0 Å². The van der Waals surface area contributed by atoms with Crippen molar-refractivity contribution in [2.45, 2.75) is 43.7 Å². The summed E-state index contributed by atoms with van der Waals surface area (Å²) in [5.41, 5.74) is 1.19. The van der Waals surface area contributed by atoms with Gasteiger partial charge in [-0.25, -0.2) is 8.42 Å². The monoisotopic (exact) mass is 453 g/mol. The van der Waals surface area contributed by atoms with Crippen LogP contribution in [0.5, 0.6) is 0 Å². The number of aryl methyl sites for hydroxylation is 1. The molecule has 2 atom stereocenters. The van der Waals surface area contributed by atoms with Gasteiger partial charge in [0.05, 0.1) is 4.90 Å². The Kier molecular flexibility index (Phi) is 6.35. The van der Waals surface area contributed by atoms with Gasteiger partial charge in [0.15, 0.2) is 0 Å². The van der Waals surface area contributed by atoms with Crippen molar-refractivity contribution in [2.24, 2.45) is 5.92 Å². The van der Waals surface area contributed by atoms with Crippen LogP contribution in [0.25, 0.3) is 10.9 Å². The number of piperidine rings is 1. The first-order valence-electron chi connectivity index (χ1n) is 10.8. The van der Waals surface area contributed by atoms with Crippen molar-refractivity contribution in [3.8, 4) is 6.07 Å². The van der Waals surface area contributed by atoms with Crippen molar-refractivity contribution >= 4 is 26.8 Å². The van der Waals surface area contributed by atoms with Gasteiger partial charge in [0, 0.05) is 42.9 Å². The second kappa shape index (κ2) is 9.18. The predicted molar refractivity (Wildman–Crippen MR) is 121 cm³/mol. The molecule has 4 rings (SSSR count). The van der Waals surface area contributed by atoms with Gasteiger partial charge in [0.2, 0.25) is 15.9 Å². The average Bonchev–Trinajstić information content (AvgIpc) is 3.44. The minimum Gasteiger partial charge on any atom is -0.361 e. The fourth-order valence-corrected chi connectivity index (χ4v) is 5.81. The first kappa shape index (κ1) is 22.1. The number of rotatable bonds is 7. The predicted octanol–water partition coefficient (Wildman–Crippen LogP) is 2.84. The van der Waals surface area contributed by atoms with Gasteiger partial charge in [-0.05, 0) is 55.5 Å². The number of fused-ring (bicyclic) bond motifs is 1. The number of carbonyl (C=O) groups is 1. The number of H-pyrrole nitrogens is 1. The van der Waals surface area contributed by atoms with E-state index >= 15 is 0 Å². The topological polar surface area (TPSA) is 111 Å². The Morgan fingerprint density at radius 2 is 2.16 bits per heavy atom. The van der Waals surface area contributed by atoms with E-state index in [-0.39, 0.29) is 17.2 Å². The highest BCUT2D eigenvalue weighted by Gasteiger charge is 2.32. The third-order valence-corrected chi connectivity index (χ3v) is 7.54. The Hall–Kier alpha value is -3.09. The zero-order valence-corrected chi connectivity index (χ0v) is 18.8. The maximum Gasteiger partial charge on any atom is 0.241 e. The zero-order valence-electron chi connectivity index (χ0n) is 18.0. The van der Waals surface area contributed by atoms with Gasteiger partial charge >= 0.3 is 0 Å². The molecule has 9 heteroatoms. The molecule has 2 aromatic heterocycles. The Morgan fingerprint density at radius 3 is 2.94 bits per heavy atom. The van der Waals surface area contributed by atoms with Crippen LogP contribution in [-0.4, -0.2) is 47.9 Å². The molecule has 2 N–H and O–H groups in total. The lowest BCUT2D eigenvalue weighted by molar-refractivity contribution is -0.134. The van der Waals surface area contributed by atoms with Crippen molar-refractivity contribution in [3.63, 3.8) is 0 Å². The molecule has 0 aliphatic carbocycles. The summed E-state index contributed by atoms with van der Waals surface area (Å²) in [7, 11) is -3.95. The van der Waals surface area contributed by atoms with E-state index in [1.807, 2.05) is 6.07 Å². The van der Waals surface area contributed by atoms with Crippen molar-refractivity contribution in [1.29, 1.82) is 5.26 Å². The van der Waals surface area contributed by atoms with E-state index < -0.39 is 16.1 Å². The van der Waals surface area contributed by atoms with E-state index in [0.717, 1.165) is 12.8 Å². The smallest absolute Gasteiger partial charge is 0.241 e. The summed E-state index contributed by atoms with van der Waals surface area (Å²) < 4.78 is 31.1. The van der Waals surface area contributed by atoms with Crippen LogP contribution in [0.15, 0.2) is 53.7 Å². The van der Waals surface area contributed by atoms with Crippen molar-refractivity contribution in [1.82, 2.24) is 19.2 Å². The Balaban J connectivity index is 1.61. The number of hydrogen-bond acceptors (Lipinski definition) is 4. The molecule has 0 radical (unpaired) electrons. The number of nitrogens with zero attached hydrogens (tertiary/aromatic N) is 3. The van der Waals surface area contributed by atoms with Crippen LogP contribution in [0, 0.1) is 17.2 Å². The van der Waals surface area contributed by atoms with Crippen molar-refractivity contribution < 1.29 is 13.2 Å². The van der Waals surface area contributed by atoms with Crippen LogP contribution in [0.3, 0.4) is 0 Å². The number of benzene rings is 1. The molecule has 2 unspecified atom stereocenters. The molecule has 8 nitrogen and oxygen atoms in total. The molecular formula is C23H27N5O3S. The molecule has 0 bridgehead atoms. The molecule has 0 spiro atoms. The van der Waals surface area contributed by atoms with Crippen LogP contribution in [0.1, 0.15) is 31.9 Å². The molecule has 1 aromatic carbocycles. The second-order valence-electron chi connectivity index (χ2n) is 8.39. The minimum absolute atomic E-state index is 0.139. The van der Waals surface area contributed by atoms with E-state index in [1.54, 1.807) is 52.2 Å². The van der Waals surface area contributed by atoms with Crippen molar-refractivity contribution in [2.75, 3.05) is 13.1 Å². The molecular weight excluding hydrogens is 426 g/mol. The van der Waals surface area contributed by atoms with Crippen LogP contribution in [-0.2, 0) is 21.4 Å². The van der Waals surface area contributed by atoms with Gasteiger partial charge in [0.25, 0.3) is 0 Å². The third-order valence-electron chi connectivity index (χ3n) is 6.01. The lowest BCUT2D eigenvalue weighted by atomic mass is 9.99. The van der Waals surface area contributed by atoms with Crippen LogP contribution < -0.4 is 4.72 Å². The lowest BCUT2D eigenvalue weighted by Crippen LogP contribution is -2.51. The summed E-state index contributed by atoms with van der Waals surface area (Å²) in [4.78, 5) is 18.3. The Morgan fingerprint density at radius 1 is 1.31 bits per heavy atom. The molecule has 1 aliphatic rings. The van der Waals surface area contributed by atoms with Crippen LogP contribution >= 0.6 is 0 Å². The molecule has 3 heterocycles. The van der Waals surface area contributed by atoms with Gasteiger partial charge in [-0.3, -0.25) is 4.79 Å². The highest BCUT2D eigenvalue weighted by atomic mass is 32.2. The summed E-state index contributed by atoms with van der Waals surface area (Å²) in [6, 6.07) is 11.4. The minimum atomic E-state index is -3.95. The number of aromatic nitrogens is 2. The second-order valence-corrected chi connectivity index (χ2v) is 10.1. The van der Waals surface area contributed by atoms with Crippen molar-refractivity contribution in [3.05, 3.63) is 54.5 Å². The standard InChI is InChI=1S/C23H27N5O3S/c1-17-5-3-13-28(16-17)23(29)21(10-14-27-12-4-6-18(27)15-24)26-32(30,31)22-8-2-7-20-19(22)9-11-25-20/h2,4,6-9,11-12,17,21,25-26H,3,5,10,13-14,16H2,1H3. The maximum absolute atomic E-state index is 13.4. The van der Waals surface area contributed by atoms with Gasteiger partial charge in [-0.1, -0.05) is 13.0 Å². The average molecular weight is 454 g/mol. The third kappa shape index (κ3) is 4.56. The molecule has 32 heavy (non-hydrogen) atoms. The molecule has 1 saturated heterocycles. The highest BCUT2D eigenvalue weighted by Crippen LogP contribution is 2.23. The fourth-order valence-electron chi connectivity index (χ4n) is 4.36. The summed E-state index contributed by atoms with van der Waals surface area (Å²) in [5, 5.41) is 9.85.